The van der Waals surface area contributed by atoms with Crippen molar-refractivity contribution in [1.82, 2.24) is 4.98 Å². The van der Waals surface area contributed by atoms with Crippen molar-refractivity contribution in [3.8, 4) is 0 Å². The number of fused-ring (bicyclic) bond motifs is 2. The van der Waals surface area contributed by atoms with E-state index in [0.717, 1.165) is 27.5 Å². The highest BCUT2D eigenvalue weighted by molar-refractivity contribution is 5.98. The number of hydrogen-bond acceptors (Lipinski definition) is 3. The third-order valence-electron chi connectivity index (χ3n) is 2.69. The molecule has 4 heteroatoms. The van der Waals surface area contributed by atoms with Crippen LogP contribution >= 0.6 is 12.4 Å². The molecule has 0 radical (unpaired) electrons. The van der Waals surface area contributed by atoms with Crippen molar-refractivity contribution in [3.05, 3.63) is 42.5 Å². The minimum Gasteiger partial charge on any atom is -0.399 e. The number of halogens is 1. The van der Waals surface area contributed by atoms with E-state index >= 15 is 0 Å². The van der Waals surface area contributed by atoms with Crippen molar-refractivity contribution in [2.75, 3.05) is 11.5 Å². The zero-order valence-electron chi connectivity index (χ0n) is 9.05. The Morgan fingerprint density at radius 1 is 0.882 bits per heavy atom. The highest BCUT2D eigenvalue weighted by Gasteiger charge is 2.02. The maximum Gasteiger partial charge on any atom is 0.0938 e. The molecule has 17 heavy (non-hydrogen) atoms. The lowest BCUT2D eigenvalue weighted by Crippen LogP contribution is -1.91. The van der Waals surface area contributed by atoms with Crippen molar-refractivity contribution in [3.63, 3.8) is 0 Å². The molecule has 0 amide bonds. The minimum atomic E-state index is 0. The van der Waals surface area contributed by atoms with Gasteiger partial charge in [0.15, 0.2) is 0 Å². The van der Waals surface area contributed by atoms with Crippen LogP contribution in [0.15, 0.2) is 42.5 Å². The molecule has 0 saturated heterocycles. The van der Waals surface area contributed by atoms with Gasteiger partial charge in [-0.15, -0.1) is 12.4 Å². The first-order chi connectivity index (χ1) is 7.74. The Labute approximate surface area is 105 Å². The number of pyridine rings is 1. The standard InChI is InChI=1S/C13H11N3.ClH/c14-10-4-5-12-9(7-10)6-8-2-1-3-11(15)13(8)16-12;/h1-7H,14-15H2;1H. The molecule has 3 nitrogen and oxygen atoms in total. The second-order valence-corrected chi connectivity index (χ2v) is 3.86. The summed E-state index contributed by atoms with van der Waals surface area (Å²) in [6.45, 7) is 0. The minimum absolute atomic E-state index is 0. The van der Waals surface area contributed by atoms with Gasteiger partial charge in [0.25, 0.3) is 0 Å². The van der Waals surface area contributed by atoms with Crippen molar-refractivity contribution in [2.24, 2.45) is 0 Å². The van der Waals surface area contributed by atoms with E-state index in [2.05, 4.69) is 11.1 Å². The van der Waals surface area contributed by atoms with E-state index < -0.39 is 0 Å². The third kappa shape index (κ3) is 1.85. The molecular weight excluding hydrogens is 234 g/mol. The number of benzene rings is 2. The lowest BCUT2D eigenvalue weighted by atomic mass is 10.1. The predicted octanol–water partition coefficient (Wildman–Crippen LogP) is 2.97. The van der Waals surface area contributed by atoms with E-state index in [9.17, 15) is 0 Å². The fourth-order valence-corrected chi connectivity index (χ4v) is 1.90. The molecule has 3 rings (SSSR count). The molecule has 0 aliphatic rings. The Morgan fingerprint density at radius 3 is 2.53 bits per heavy atom. The molecule has 3 aromatic rings. The molecule has 1 aromatic heterocycles. The molecule has 4 N–H and O–H groups in total. The second kappa shape index (κ2) is 4.11. The average Bonchev–Trinajstić information content (AvgIpc) is 2.27. The molecule has 0 fully saturated rings. The van der Waals surface area contributed by atoms with Gasteiger partial charge in [-0.2, -0.15) is 0 Å². The molecule has 0 bridgehead atoms. The van der Waals surface area contributed by atoms with Crippen molar-refractivity contribution in [2.45, 2.75) is 0 Å². The summed E-state index contributed by atoms with van der Waals surface area (Å²) in [5.74, 6) is 0. The quantitative estimate of drug-likeness (QED) is 0.473. The van der Waals surface area contributed by atoms with Crippen LogP contribution in [0.4, 0.5) is 11.4 Å². The monoisotopic (exact) mass is 245 g/mol. The normalized spacial score (nSPS) is 10.4. The molecule has 0 aliphatic carbocycles. The largest absolute Gasteiger partial charge is 0.399 e. The molecule has 86 valence electrons. The van der Waals surface area contributed by atoms with Gasteiger partial charge in [0.05, 0.1) is 16.7 Å². The van der Waals surface area contributed by atoms with Crippen LogP contribution in [0.3, 0.4) is 0 Å². The lowest BCUT2D eigenvalue weighted by Gasteiger charge is -2.04. The number of hydrogen-bond donors (Lipinski definition) is 2. The third-order valence-corrected chi connectivity index (χ3v) is 2.69. The lowest BCUT2D eigenvalue weighted by molar-refractivity contribution is 1.50. The van der Waals surface area contributed by atoms with Crippen LogP contribution in [0.1, 0.15) is 0 Å². The average molecular weight is 246 g/mol. The summed E-state index contributed by atoms with van der Waals surface area (Å²) < 4.78 is 0. The number of para-hydroxylation sites is 1. The maximum absolute atomic E-state index is 5.89. The first kappa shape index (κ1) is 11.5. The predicted molar refractivity (Wildman–Crippen MR) is 75.3 cm³/mol. The summed E-state index contributed by atoms with van der Waals surface area (Å²) in [4.78, 5) is 4.54. The Bertz CT molecular complexity index is 694. The number of nitrogens with zero attached hydrogens (tertiary/aromatic N) is 1. The van der Waals surface area contributed by atoms with Crippen LogP contribution in [0.5, 0.6) is 0 Å². The number of nitrogen functional groups attached to an aromatic ring is 2. The van der Waals surface area contributed by atoms with Gasteiger partial charge in [-0.1, -0.05) is 12.1 Å². The van der Waals surface area contributed by atoms with Gasteiger partial charge in [-0.05, 0) is 30.3 Å². The highest BCUT2D eigenvalue weighted by atomic mass is 35.5. The van der Waals surface area contributed by atoms with E-state index in [1.807, 2.05) is 36.4 Å². The van der Waals surface area contributed by atoms with E-state index in [4.69, 9.17) is 11.5 Å². The molecule has 1 heterocycles. The summed E-state index contributed by atoms with van der Waals surface area (Å²) in [6.07, 6.45) is 0. The number of nitrogens with two attached hydrogens (primary N) is 2. The Morgan fingerprint density at radius 2 is 1.71 bits per heavy atom. The summed E-state index contributed by atoms with van der Waals surface area (Å²) in [5, 5.41) is 2.08. The zero-order chi connectivity index (χ0) is 11.1. The van der Waals surface area contributed by atoms with Crippen molar-refractivity contribution in [1.29, 1.82) is 0 Å². The summed E-state index contributed by atoms with van der Waals surface area (Å²) >= 11 is 0. The summed E-state index contributed by atoms with van der Waals surface area (Å²) in [7, 11) is 0. The van der Waals surface area contributed by atoms with E-state index in [-0.39, 0.29) is 12.4 Å². The van der Waals surface area contributed by atoms with Gasteiger partial charge in [0.2, 0.25) is 0 Å². The van der Waals surface area contributed by atoms with Crippen LogP contribution in [0.25, 0.3) is 21.8 Å². The van der Waals surface area contributed by atoms with Crippen LogP contribution in [0, 0.1) is 0 Å². The van der Waals surface area contributed by atoms with Gasteiger partial charge in [0, 0.05) is 16.5 Å². The molecule has 2 aromatic carbocycles. The Balaban J connectivity index is 0.00000108. The molecule has 0 unspecified atom stereocenters. The zero-order valence-corrected chi connectivity index (χ0v) is 9.87. The molecule has 0 atom stereocenters. The van der Waals surface area contributed by atoms with E-state index in [1.165, 1.54) is 0 Å². The first-order valence-corrected chi connectivity index (χ1v) is 5.08. The fraction of sp³-hybridized carbons (Fsp3) is 0. The summed E-state index contributed by atoms with van der Waals surface area (Å²) in [5.41, 5.74) is 14.9. The molecular formula is C13H12ClN3. The smallest absolute Gasteiger partial charge is 0.0938 e. The van der Waals surface area contributed by atoms with Crippen LogP contribution in [0.2, 0.25) is 0 Å². The van der Waals surface area contributed by atoms with Gasteiger partial charge >= 0.3 is 0 Å². The molecule has 0 spiro atoms. The second-order valence-electron chi connectivity index (χ2n) is 3.86. The van der Waals surface area contributed by atoms with Gasteiger partial charge < -0.3 is 11.5 Å². The SMILES string of the molecule is Cl.Nc1ccc2nc3c(N)cccc3cc2c1. The van der Waals surface area contributed by atoms with Gasteiger partial charge in [-0.25, -0.2) is 4.98 Å². The van der Waals surface area contributed by atoms with Crippen molar-refractivity contribution < 1.29 is 0 Å². The van der Waals surface area contributed by atoms with E-state index in [0.29, 0.717) is 5.69 Å². The number of rotatable bonds is 0. The van der Waals surface area contributed by atoms with E-state index in [1.54, 1.807) is 0 Å². The number of anilines is 2. The molecule has 0 aliphatic heterocycles. The van der Waals surface area contributed by atoms with Crippen LogP contribution in [-0.2, 0) is 0 Å². The van der Waals surface area contributed by atoms with Crippen molar-refractivity contribution >= 4 is 45.6 Å². The topological polar surface area (TPSA) is 64.9 Å². The van der Waals surface area contributed by atoms with Gasteiger partial charge in [0.1, 0.15) is 0 Å². The van der Waals surface area contributed by atoms with Crippen LogP contribution < -0.4 is 11.5 Å². The maximum atomic E-state index is 5.89. The van der Waals surface area contributed by atoms with Gasteiger partial charge in [-0.3, -0.25) is 0 Å². The van der Waals surface area contributed by atoms with Crippen LogP contribution in [-0.4, -0.2) is 4.98 Å². The number of aromatic nitrogens is 1. The first-order valence-electron chi connectivity index (χ1n) is 5.08. The fourth-order valence-electron chi connectivity index (χ4n) is 1.90. The summed E-state index contributed by atoms with van der Waals surface area (Å²) in [6, 6.07) is 13.5. The Hall–Kier alpha value is -2.00. The highest BCUT2D eigenvalue weighted by Crippen LogP contribution is 2.24. The Kier molecular flexibility index (Phi) is 2.77. The molecule has 0 saturated carbocycles.